The highest BCUT2D eigenvalue weighted by atomic mass is 127. The summed E-state index contributed by atoms with van der Waals surface area (Å²) < 4.78 is 23.1. The van der Waals surface area contributed by atoms with Gasteiger partial charge in [0.1, 0.15) is 0 Å². The maximum atomic E-state index is 11.6. The molecular formula is C14H24IN3O3S. The number of hydrogen-bond acceptors (Lipinski definition) is 4. The third-order valence-electron chi connectivity index (χ3n) is 2.81. The highest BCUT2D eigenvalue weighted by Gasteiger charge is 2.10. The summed E-state index contributed by atoms with van der Waals surface area (Å²) >= 11 is 0. The van der Waals surface area contributed by atoms with Crippen molar-refractivity contribution in [2.45, 2.75) is 25.3 Å². The normalized spacial score (nSPS) is 11.7. The quantitative estimate of drug-likeness (QED) is 0.349. The van der Waals surface area contributed by atoms with Crippen LogP contribution < -0.4 is 10.6 Å². The van der Waals surface area contributed by atoms with E-state index >= 15 is 0 Å². The van der Waals surface area contributed by atoms with E-state index in [4.69, 9.17) is 5.11 Å². The van der Waals surface area contributed by atoms with Crippen LogP contribution in [0.15, 0.2) is 28.1 Å². The Labute approximate surface area is 149 Å². The third kappa shape index (κ3) is 6.93. The molecule has 0 heterocycles. The molecule has 1 rings (SSSR count). The van der Waals surface area contributed by atoms with E-state index < -0.39 is 9.84 Å². The van der Waals surface area contributed by atoms with E-state index in [0.29, 0.717) is 23.9 Å². The number of sulfone groups is 1. The molecule has 0 aromatic heterocycles. The maximum Gasteiger partial charge on any atom is 0.191 e. The summed E-state index contributed by atoms with van der Waals surface area (Å²) in [6.07, 6.45) is 1.20. The predicted octanol–water partition coefficient (Wildman–Crippen LogP) is 1.06. The Hall–Kier alpha value is -0.870. The average molecular weight is 441 g/mol. The molecule has 0 saturated heterocycles. The predicted molar refractivity (Wildman–Crippen MR) is 99.6 cm³/mol. The number of aliphatic hydroxyl groups excluding tert-OH is 1. The number of guanidine groups is 1. The van der Waals surface area contributed by atoms with E-state index in [1.165, 1.54) is 6.26 Å². The molecule has 0 aliphatic heterocycles. The smallest absolute Gasteiger partial charge is 0.191 e. The largest absolute Gasteiger partial charge is 0.395 e. The first-order valence-corrected chi connectivity index (χ1v) is 8.70. The van der Waals surface area contributed by atoms with Crippen LogP contribution in [0.5, 0.6) is 0 Å². The molecule has 22 heavy (non-hydrogen) atoms. The second-order valence-corrected chi connectivity index (χ2v) is 6.70. The Morgan fingerprint density at radius 2 is 2.00 bits per heavy atom. The zero-order valence-electron chi connectivity index (χ0n) is 13.1. The first-order chi connectivity index (χ1) is 9.88. The molecule has 3 N–H and O–H groups in total. The summed E-state index contributed by atoms with van der Waals surface area (Å²) in [5, 5.41) is 14.9. The van der Waals surface area contributed by atoms with Gasteiger partial charge < -0.3 is 15.7 Å². The van der Waals surface area contributed by atoms with E-state index in [1.54, 1.807) is 19.1 Å². The van der Waals surface area contributed by atoms with E-state index in [-0.39, 0.29) is 30.6 Å². The monoisotopic (exact) mass is 441 g/mol. The zero-order valence-corrected chi connectivity index (χ0v) is 16.2. The van der Waals surface area contributed by atoms with Crippen LogP contribution in [0.1, 0.15) is 18.1 Å². The molecule has 0 bridgehead atoms. The maximum absolute atomic E-state index is 11.6. The van der Waals surface area contributed by atoms with Gasteiger partial charge in [0.05, 0.1) is 18.0 Å². The van der Waals surface area contributed by atoms with Crippen LogP contribution in [0.3, 0.4) is 0 Å². The van der Waals surface area contributed by atoms with Gasteiger partial charge in [-0.3, -0.25) is 0 Å². The third-order valence-corrected chi connectivity index (χ3v) is 4.06. The Balaban J connectivity index is 0.00000441. The lowest BCUT2D eigenvalue weighted by Gasteiger charge is -2.10. The molecular weight excluding hydrogens is 417 g/mol. The number of nitrogens with one attached hydrogen (secondary N) is 2. The number of aliphatic imine (C=N–C) groups is 1. The number of rotatable bonds is 6. The molecule has 8 heteroatoms. The van der Waals surface area contributed by atoms with Crippen molar-refractivity contribution in [2.24, 2.45) is 4.99 Å². The van der Waals surface area contributed by atoms with Gasteiger partial charge in [0, 0.05) is 19.3 Å². The van der Waals surface area contributed by atoms with Gasteiger partial charge >= 0.3 is 0 Å². The lowest BCUT2D eigenvalue weighted by Crippen LogP contribution is -2.38. The molecule has 1 aromatic carbocycles. The fourth-order valence-electron chi connectivity index (χ4n) is 1.91. The Bertz CT molecular complexity index is 603. The Morgan fingerprint density at radius 3 is 2.50 bits per heavy atom. The van der Waals surface area contributed by atoms with E-state index in [0.717, 1.165) is 17.7 Å². The van der Waals surface area contributed by atoms with Crippen molar-refractivity contribution in [3.05, 3.63) is 29.3 Å². The minimum absolute atomic E-state index is 0. The number of halogens is 1. The summed E-state index contributed by atoms with van der Waals surface area (Å²) in [7, 11) is -3.19. The van der Waals surface area contributed by atoms with Crippen molar-refractivity contribution in [1.29, 1.82) is 0 Å². The molecule has 0 amide bonds. The molecule has 0 aliphatic rings. The Morgan fingerprint density at radius 1 is 1.32 bits per heavy atom. The standard InChI is InChI=1S/C14H23N3O3S.HI/c1-4-15-14(16-7-8-18)17-10-12-5-6-13(11(2)9-12)21(3,19)20;/h5-6,9,18H,4,7-8,10H2,1-3H3,(H2,15,16,17);1H. The Kier molecular flexibility index (Phi) is 9.61. The van der Waals surface area contributed by atoms with E-state index in [9.17, 15) is 8.42 Å². The molecule has 0 radical (unpaired) electrons. The average Bonchev–Trinajstić information content (AvgIpc) is 2.40. The minimum atomic E-state index is -3.19. The molecule has 1 aromatic rings. The van der Waals surface area contributed by atoms with Crippen LogP contribution in [-0.2, 0) is 16.4 Å². The fraction of sp³-hybridized carbons (Fsp3) is 0.500. The fourth-order valence-corrected chi connectivity index (χ4v) is 2.87. The number of nitrogens with zero attached hydrogens (tertiary/aromatic N) is 1. The van der Waals surface area contributed by atoms with Gasteiger partial charge in [-0.1, -0.05) is 12.1 Å². The van der Waals surface area contributed by atoms with Crippen LogP contribution in [0.4, 0.5) is 0 Å². The summed E-state index contributed by atoms with van der Waals surface area (Å²) in [4.78, 5) is 4.74. The van der Waals surface area contributed by atoms with Gasteiger partial charge in [-0.15, -0.1) is 24.0 Å². The number of aryl methyl sites for hydroxylation is 1. The van der Waals surface area contributed by atoms with Crippen molar-refractivity contribution in [3.63, 3.8) is 0 Å². The van der Waals surface area contributed by atoms with Crippen LogP contribution in [0, 0.1) is 6.92 Å². The second kappa shape index (κ2) is 10.0. The van der Waals surface area contributed by atoms with Crippen LogP contribution in [0.25, 0.3) is 0 Å². The number of benzene rings is 1. The summed E-state index contributed by atoms with van der Waals surface area (Å²) in [6, 6.07) is 5.21. The van der Waals surface area contributed by atoms with E-state index in [2.05, 4.69) is 15.6 Å². The van der Waals surface area contributed by atoms with Gasteiger partial charge in [0.15, 0.2) is 15.8 Å². The number of aliphatic hydroxyl groups is 1. The molecule has 126 valence electrons. The lowest BCUT2D eigenvalue weighted by molar-refractivity contribution is 0.300. The first kappa shape index (κ1) is 21.1. The van der Waals surface area contributed by atoms with Gasteiger partial charge in [-0.25, -0.2) is 13.4 Å². The first-order valence-electron chi connectivity index (χ1n) is 6.81. The zero-order chi connectivity index (χ0) is 15.9. The van der Waals surface area contributed by atoms with Crippen LogP contribution >= 0.6 is 24.0 Å². The van der Waals surface area contributed by atoms with Crippen molar-refractivity contribution in [3.8, 4) is 0 Å². The summed E-state index contributed by atoms with van der Waals surface area (Å²) in [5.74, 6) is 0.622. The minimum Gasteiger partial charge on any atom is -0.395 e. The molecule has 0 fully saturated rings. The van der Waals surface area contributed by atoms with Gasteiger partial charge in [0.25, 0.3) is 0 Å². The van der Waals surface area contributed by atoms with Crippen molar-refractivity contribution < 1.29 is 13.5 Å². The van der Waals surface area contributed by atoms with E-state index in [1.807, 2.05) is 13.0 Å². The van der Waals surface area contributed by atoms with Crippen LogP contribution in [0.2, 0.25) is 0 Å². The van der Waals surface area contributed by atoms with Crippen LogP contribution in [-0.4, -0.2) is 45.4 Å². The van der Waals surface area contributed by atoms with Crippen molar-refractivity contribution >= 4 is 39.8 Å². The molecule has 0 atom stereocenters. The summed E-state index contributed by atoms with van der Waals surface area (Å²) in [6.45, 7) is 5.36. The summed E-state index contributed by atoms with van der Waals surface area (Å²) in [5.41, 5.74) is 1.65. The van der Waals surface area contributed by atoms with Gasteiger partial charge in [-0.05, 0) is 31.0 Å². The number of hydrogen-bond donors (Lipinski definition) is 3. The van der Waals surface area contributed by atoms with Crippen molar-refractivity contribution in [1.82, 2.24) is 10.6 Å². The molecule has 6 nitrogen and oxygen atoms in total. The molecule has 0 unspecified atom stereocenters. The SMILES string of the molecule is CCNC(=NCc1ccc(S(C)(=O)=O)c(C)c1)NCCO.I. The van der Waals surface area contributed by atoms with Gasteiger partial charge in [-0.2, -0.15) is 0 Å². The van der Waals surface area contributed by atoms with Gasteiger partial charge in [0.2, 0.25) is 0 Å². The highest BCUT2D eigenvalue weighted by molar-refractivity contribution is 14.0. The molecule has 0 spiro atoms. The van der Waals surface area contributed by atoms with Crippen molar-refractivity contribution in [2.75, 3.05) is 26.0 Å². The second-order valence-electron chi connectivity index (χ2n) is 4.72. The molecule has 0 saturated carbocycles. The highest BCUT2D eigenvalue weighted by Crippen LogP contribution is 2.17. The topological polar surface area (TPSA) is 90.8 Å². The molecule has 0 aliphatic carbocycles. The lowest BCUT2D eigenvalue weighted by atomic mass is 10.1.